The van der Waals surface area contributed by atoms with Crippen molar-refractivity contribution >= 4 is 0 Å². The maximum absolute atomic E-state index is 5.79. The molecule has 0 amide bonds. The molecule has 1 aliphatic carbocycles. The van der Waals surface area contributed by atoms with Gasteiger partial charge in [0.15, 0.2) is 0 Å². The fraction of sp³-hybridized carbons (Fsp3) is 1.00. The van der Waals surface area contributed by atoms with Crippen LogP contribution in [0.2, 0.25) is 0 Å². The molecule has 0 bridgehead atoms. The van der Waals surface area contributed by atoms with Gasteiger partial charge in [-0.1, -0.05) is 26.2 Å². The second kappa shape index (κ2) is 8.23. The third-order valence-corrected chi connectivity index (χ3v) is 4.96. The third-order valence-electron chi connectivity index (χ3n) is 4.96. The van der Waals surface area contributed by atoms with Gasteiger partial charge in [0.2, 0.25) is 0 Å². The summed E-state index contributed by atoms with van der Waals surface area (Å²) in [5.41, 5.74) is 0. The van der Waals surface area contributed by atoms with Crippen LogP contribution in [0.5, 0.6) is 0 Å². The molecule has 19 heavy (non-hydrogen) atoms. The molecule has 2 aliphatic rings. The third kappa shape index (κ3) is 4.73. The standard InChI is InChI=1S/C16H32N2O/c1-3-18(13-15-9-7-11-19-15)12-14-8-5-4-6-10-16(14)17-2/h14-17H,3-13H2,1-2H3. The lowest BCUT2D eigenvalue weighted by Gasteiger charge is -2.32. The van der Waals surface area contributed by atoms with Crippen LogP contribution < -0.4 is 5.32 Å². The van der Waals surface area contributed by atoms with Gasteiger partial charge in [0.1, 0.15) is 0 Å². The van der Waals surface area contributed by atoms with Crippen molar-refractivity contribution in [2.75, 3.05) is 33.3 Å². The molecule has 0 spiro atoms. The van der Waals surface area contributed by atoms with Crippen LogP contribution in [-0.2, 0) is 4.74 Å². The molecule has 3 nitrogen and oxygen atoms in total. The topological polar surface area (TPSA) is 24.5 Å². The van der Waals surface area contributed by atoms with E-state index in [-0.39, 0.29) is 0 Å². The van der Waals surface area contributed by atoms with Crippen LogP contribution >= 0.6 is 0 Å². The first-order valence-electron chi connectivity index (χ1n) is 8.34. The summed E-state index contributed by atoms with van der Waals surface area (Å²) in [5.74, 6) is 0.828. The van der Waals surface area contributed by atoms with E-state index in [1.54, 1.807) is 0 Å². The Morgan fingerprint density at radius 2 is 1.89 bits per heavy atom. The van der Waals surface area contributed by atoms with Crippen LogP contribution in [-0.4, -0.2) is 50.3 Å². The van der Waals surface area contributed by atoms with Gasteiger partial charge >= 0.3 is 0 Å². The van der Waals surface area contributed by atoms with Crippen LogP contribution in [0.3, 0.4) is 0 Å². The van der Waals surface area contributed by atoms with Crippen molar-refractivity contribution in [3.05, 3.63) is 0 Å². The van der Waals surface area contributed by atoms with Gasteiger partial charge in [-0.15, -0.1) is 0 Å². The Morgan fingerprint density at radius 1 is 1.05 bits per heavy atom. The maximum Gasteiger partial charge on any atom is 0.0702 e. The summed E-state index contributed by atoms with van der Waals surface area (Å²) in [6, 6.07) is 0.723. The van der Waals surface area contributed by atoms with Gasteiger partial charge in [0, 0.05) is 25.7 Å². The van der Waals surface area contributed by atoms with E-state index in [0.717, 1.165) is 31.7 Å². The highest BCUT2D eigenvalue weighted by atomic mass is 16.5. The number of rotatable bonds is 6. The Bertz CT molecular complexity index is 241. The minimum atomic E-state index is 0.499. The SMILES string of the molecule is CCN(CC1CCCO1)CC1CCCCCC1NC. The van der Waals surface area contributed by atoms with Gasteiger partial charge in [0.05, 0.1) is 6.10 Å². The molecular weight excluding hydrogens is 236 g/mol. The number of ether oxygens (including phenoxy) is 1. The normalized spacial score (nSPS) is 32.7. The molecule has 2 fully saturated rings. The highest BCUT2D eigenvalue weighted by Crippen LogP contribution is 2.25. The number of hydrogen-bond acceptors (Lipinski definition) is 3. The van der Waals surface area contributed by atoms with Crippen LogP contribution in [0.25, 0.3) is 0 Å². The van der Waals surface area contributed by atoms with Crippen molar-refractivity contribution in [3.63, 3.8) is 0 Å². The number of likely N-dealkylation sites (N-methyl/N-ethyl adjacent to an activating group) is 1. The maximum atomic E-state index is 5.79. The van der Waals surface area contributed by atoms with Gasteiger partial charge in [0.25, 0.3) is 0 Å². The number of nitrogens with one attached hydrogen (secondary N) is 1. The second-order valence-electron chi connectivity index (χ2n) is 6.28. The highest BCUT2D eigenvalue weighted by Gasteiger charge is 2.26. The van der Waals surface area contributed by atoms with Crippen molar-refractivity contribution < 1.29 is 4.74 Å². The molecule has 3 heteroatoms. The molecular formula is C16H32N2O. The number of hydrogen-bond donors (Lipinski definition) is 1. The zero-order valence-electron chi connectivity index (χ0n) is 12.9. The van der Waals surface area contributed by atoms with Gasteiger partial charge in [-0.2, -0.15) is 0 Å². The van der Waals surface area contributed by atoms with Gasteiger partial charge in [-0.3, -0.25) is 0 Å². The average molecular weight is 268 g/mol. The van der Waals surface area contributed by atoms with Crippen molar-refractivity contribution in [1.82, 2.24) is 10.2 Å². The average Bonchev–Trinajstić information content (AvgIpc) is 2.83. The van der Waals surface area contributed by atoms with Gasteiger partial charge in [-0.25, -0.2) is 0 Å². The zero-order chi connectivity index (χ0) is 13.5. The molecule has 0 aromatic carbocycles. The van der Waals surface area contributed by atoms with Crippen LogP contribution in [0, 0.1) is 5.92 Å². The Kier molecular flexibility index (Phi) is 6.62. The van der Waals surface area contributed by atoms with Crippen molar-refractivity contribution in [3.8, 4) is 0 Å². The summed E-state index contributed by atoms with van der Waals surface area (Å²) in [5, 5.41) is 3.56. The molecule has 0 aromatic heterocycles. The van der Waals surface area contributed by atoms with Crippen molar-refractivity contribution in [2.45, 2.75) is 64.0 Å². The summed E-state index contributed by atoms with van der Waals surface area (Å²) in [6.07, 6.45) is 10.0. The van der Waals surface area contributed by atoms with E-state index >= 15 is 0 Å². The first kappa shape index (κ1) is 15.3. The molecule has 3 atom stereocenters. The lowest BCUT2D eigenvalue weighted by Crippen LogP contribution is -2.42. The Hall–Kier alpha value is -0.120. The largest absolute Gasteiger partial charge is 0.377 e. The summed E-state index contributed by atoms with van der Waals surface area (Å²) in [7, 11) is 2.14. The van der Waals surface area contributed by atoms with Crippen molar-refractivity contribution in [2.24, 2.45) is 5.92 Å². The van der Waals surface area contributed by atoms with Crippen LogP contribution in [0.15, 0.2) is 0 Å². The van der Waals surface area contributed by atoms with E-state index in [1.165, 1.54) is 51.5 Å². The summed E-state index contributed by atoms with van der Waals surface area (Å²) in [4.78, 5) is 2.62. The molecule has 1 N–H and O–H groups in total. The van der Waals surface area contributed by atoms with Gasteiger partial charge in [-0.05, 0) is 45.2 Å². The number of nitrogens with zero attached hydrogens (tertiary/aromatic N) is 1. The van der Waals surface area contributed by atoms with E-state index in [0.29, 0.717) is 6.10 Å². The molecule has 0 radical (unpaired) electrons. The zero-order valence-corrected chi connectivity index (χ0v) is 12.9. The Morgan fingerprint density at radius 3 is 2.58 bits per heavy atom. The first-order chi connectivity index (χ1) is 9.33. The van der Waals surface area contributed by atoms with E-state index in [1.807, 2.05) is 0 Å². The van der Waals surface area contributed by atoms with Crippen molar-refractivity contribution in [1.29, 1.82) is 0 Å². The molecule has 2 rings (SSSR count). The molecule has 0 aromatic rings. The quantitative estimate of drug-likeness (QED) is 0.750. The van der Waals surface area contributed by atoms with E-state index in [2.05, 4.69) is 24.2 Å². The Balaban J connectivity index is 1.83. The fourth-order valence-corrected chi connectivity index (χ4v) is 3.72. The molecule has 1 aliphatic heterocycles. The van der Waals surface area contributed by atoms with Crippen LogP contribution in [0.4, 0.5) is 0 Å². The Labute approximate surface area is 119 Å². The predicted molar refractivity (Wildman–Crippen MR) is 80.5 cm³/mol. The van der Waals surface area contributed by atoms with E-state index < -0.39 is 0 Å². The summed E-state index contributed by atoms with van der Waals surface area (Å²) >= 11 is 0. The minimum absolute atomic E-state index is 0.499. The molecule has 1 saturated carbocycles. The van der Waals surface area contributed by atoms with Gasteiger partial charge < -0.3 is 15.0 Å². The molecule has 3 unspecified atom stereocenters. The fourth-order valence-electron chi connectivity index (χ4n) is 3.72. The van der Waals surface area contributed by atoms with E-state index in [9.17, 15) is 0 Å². The molecule has 1 saturated heterocycles. The summed E-state index contributed by atoms with van der Waals surface area (Å²) in [6.45, 7) is 6.82. The minimum Gasteiger partial charge on any atom is -0.377 e. The predicted octanol–water partition coefficient (Wildman–Crippen LogP) is 2.66. The molecule has 112 valence electrons. The second-order valence-corrected chi connectivity index (χ2v) is 6.28. The summed E-state index contributed by atoms with van der Waals surface area (Å²) < 4.78 is 5.79. The smallest absolute Gasteiger partial charge is 0.0702 e. The first-order valence-corrected chi connectivity index (χ1v) is 8.34. The van der Waals surface area contributed by atoms with Crippen LogP contribution in [0.1, 0.15) is 51.9 Å². The molecule has 1 heterocycles. The lowest BCUT2D eigenvalue weighted by atomic mass is 9.94. The van der Waals surface area contributed by atoms with E-state index in [4.69, 9.17) is 4.74 Å². The monoisotopic (exact) mass is 268 g/mol. The lowest BCUT2D eigenvalue weighted by molar-refractivity contribution is 0.0662. The highest BCUT2D eigenvalue weighted by molar-refractivity contribution is 4.82.